The molecule has 9 nitrogen and oxygen atoms in total. The zero-order valence-electron chi connectivity index (χ0n) is 23.2. The van der Waals surface area contributed by atoms with E-state index >= 15 is 0 Å². The lowest BCUT2D eigenvalue weighted by Crippen LogP contribution is -2.46. The predicted molar refractivity (Wildman–Crippen MR) is 158 cm³/mol. The molecule has 3 aromatic carbocycles. The Morgan fingerprint density at radius 3 is 2.34 bits per heavy atom. The van der Waals surface area contributed by atoms with E-state index in [2.05, 4.69) is 9.88 Å². The second-order valence-corrected chi connectivity index (χ2v) is 10.5. The molecule has 1 aromatic heterocycles. The van der Waals surface area contributed by atoms with Gasteiger partial charge in [0, 0.05) is 54.8 Å². The van der Waals surface area contributed by atoms with Crippen molar-refractivity contribution >= 4 is 34.2 Å². The number of aliphatic hydroxyl groups excluding tert-OH is 1. The van der Waals surface area contributed by atoms with Crippen LogP contribution in [0.2, 0.25) is 0 Å². The number of aromatic nitrogens is 1. The summed E-state index contributed by atoms with van der Waals surface area (Å²) in [6.07, 6.45) is 1.74. The Labute approximate surface area is 238 Å². The number of β-amino-alcohol motifs (C(OH)–C–C–N with tert-alkyl or cyclic N) is 1. The molecule has 2 heterocycles. The van der Waals surface area contributed by atoms with E-state index in [1.807, 2.05) is 42.3 Å². The molecule has 212 valence electrons. The zero-order valence-corrected chi connectivity index (χ0v) is 23.2. The van der Waals surface area contributed by atoms with Gasteiger partial charge in [-0.25, -0.2) is 9.79 Å². The van der Waals surface area contributed by atoms with Crippen LogP contribution in [0.1, 0.15) is 50.2 Å². The minimum atomic E-state index is -1.04. The van der Waals surface area contributed by atoms with Crippen molar-refractivity contribution in [2.24, 2.45) is 4.99 Å². The monoisotopic (exact) mass is 554 g/mol. The van der Waals surface area contributed by atoms with Gasteiger partial charge < -0.3 is 30.1 Å². The molecule has 4 aromatic rings. The van der Waals surface area contributed by atoms with Crippen LogP contribution in [0.3, 0.4) is 0 Å². The van der Waals surface area contributed by atoms with Crippen LogP contribution in [0.5, 0.6) is 5.88 Å². The minimum absolute atomic E-state index is 0.0524. The number of aliphatic imine (C=N–C) groups is 1. The number of amides is 1. The van der Waals surface area contributed by atoms with Crippen LogP contribution in [0.25, 0.3) is 10.9 Å². The number of carbonyl (C=O) groups excluding carboxylic acids is 1. The number of likely N-dealkylation sites (tertiary alicyclic amines) is 1. The second-order valence-electron chi connectivity index (χ2n) is 10.5. The number of aryl methyl sites for hydroxylation is 1. The molecule has 1 fully saturated rings. The molecule has 0 bridgehead atoms. The van der Waals surface area contributed by atoms with E-state index in [1.54, 1.807) is 37.3 Å². The Morgan fingerprint density at radius 1 is 1.02 bits per heavy atom. The number of hydrogen-bond donors (Lipinski definition) is 4. The lowest BCUT2D eigenvalue weighted by molar-refractivity contribution is 0.0625. The van der Waals surface area contributed by atoms with Crippen LogP contribution < -0.4 is 0 Å². The van der Waals surface area contributed by atoms with E-state index in [0.717, 1.165) is 31.5 Å². The van der Waals surface area contributed by atoms with Gasteiger partial charge >= 0.3 is 5.97 Å². The third-order valence-corrected chi connectivity index (χ3v) is 7.83. The van der Waals surface area contributed by atoms with E-state index in [4.69, 9.17) is 4.99 Å². The van der Waals surface area contributed by atoms with E-state index in [9.17, 15) is 24.9 Å². The molecule has 0 aliphatic carbocycles. The third-order valence-electron chi connectivity index (χ3n) is 7.83. The number of hydrogen-bond acceptors (Lipinski definition) is 6. The molecule has 9 heteroatoms. The molecule has 4 N–H and O–H groups in total. The summed E-state index contributed by atoms with van der Waals surface area (Å²) in [6, 6.07) is 20.0. The molecule has 1 aliphatic heterocycles. The van der Waals surface area contributed by atoms with Gasteiger partial charge in [0.15, 0.2) is 5.88 Å². The molecule has 1 aliphatic rings. The van der Waals surface area contributed by atoms with Gasteiger partial charge in [-0.3, -0.25) is 4.79 Å². The van der Waals surface area contributed by atoms with Gasteiger partial charge in [0.1, 0.15) is 0 Å². The Balaban J connectivity index is 1.46. The first kappa shape index (κ1) is 28.1. The van der Waals surface area contributed by atoms with Crippen molar-refractivity contribution in [1.82, 2.24) is 14.8 Å². The number of aliphatic hydroxyl groups is 1. The highest BCUT2D eigenvalue weighted by molar-refractivity contribution is 6.22. The zero-order chi connectivity index (χ0) is 29.1. The lowest BCUT2D eigenvalue weighted by atomic mass is 9.98. The molecule has 0 saturated carbocycles. The van der Waals surface area contributed by atoms with Crippen LogP contribution in [-0.4, -0.2) is 87.0 Å². The van der Waals surface area contributed by atoms with Crippen molar-refractivity contribution in [3.63, 3.8) is 0 Å². The van der Waals surface area contributed by atoms with Gasteiger partial charge in [0.25, 0.3) is 5.91 Å². The van der Waals surface area contributed by atoms with Gasteiger partial charge in [0.2, 0.25) is 0 Å². The van der Waals surface area contributed by atoms with E-state index in [0.29, 0.717) is 45.5 Å². The fourth-order valence-corrected chi connectivity index (χ4v) is 5.52. The second kappa shape index (κ2) is 12.0. The Hall–Kier alpha value is -4.47. The van der Waals surface area contributed by atoms with Crippen molar-refractivity contribution in [3.05, 3.63) is 94.5 Å². The van der Waals surface area contributed by atoms with Gasteiger partial charge in [-0.2, -0.15) is 0 Å². The van der Waals surface area contributed by atoms with Crippen LogP contribution in [0.4, 0.5) is 5.69 Å². The Kier molecular flexibility index (Phi) is 8.19. The molecule has 41 heavy (non-hydrogen) atoms. The average molecular weight is 555 g/mol. The summed E-state index contributed by atoms with van der Waals surface area (Å²) in [5.41, 5.74) is 4.16. The van der Waals surface area contributed by atoms with E-state index in [1.165, 1.54) is 6.07 Å². The number of carboxylic acids is 1. The molecule has 1 saturated heterocycles. The Bertz CT molecular complexity index is 1590. The van der Waals surface area contributed by atoms with Gasteiger partial charge in [-0.15, -0.1) is 0 Å². The molecule has 0 radical (unpaired) electrons. The number of aromatic carboxylic acids is 1. The minimum Gasteiger partial charge on any atom is -0.494 e. The van der Waals surface area contributed by atoms with E-state index in [-0.39, 0.29) is 30.0 Å². The first-order valence-corrected chi connectivity index (χ1v) is 13.7. The number of fused-ring (bicyclic) bond motifs is 1. The molecule has 0 unspecified atom stereocenters. The quantitative estimate of drug-likeness (QED) is 0.236. The predicted octanol–water partition coefficient (Wildman–Crippen LogP) is 4.58. The summed E-state index contributed by atoms with van der Waals surface area (Å²) in [6.45, 7) is 4.25. The third kappa shape index (κ3) is 5.86. The first-order valence-electron chi connectivity index (χ1n) is 13.7. The average Bonchev–Trinajstić information content (AvgIpc) is 3.30. The highest BCUT2D eigenvalue weighted by Crippen LogP contribution is 2.33. The van der Waals surface area contributed by atoms with Crippen LogP contribution in [0.15, 0.2) is 71.7 Å². The largest absolute Gasteiger partial charge is 0.494 e. The van der Waals surface area contributed by atoms with Gasteiger partial charge in [0.05, 0.1) is 29.1 Å². The number of carbonyl (C=O) groups is 2. The number of piperidine rings is 1. The number of rotatable bonds is 8. The standard InChI is InChI=1S/C32H34N4O5/c1-20-18-26-27(19-25(20)32(40)41)34-30(38)28(26)29(21-6-4-3-5-7-21)33-23-10-8-22(9-11-23)31(39)35(2)24-12-14-36(15-13-24)16-17-37/h3-11,18-19,24,34,37-38H,12-17H2,1-2H3,(H,40,41). The fourth-order valence-electron chi connectivity index (χ4n) is 5.52. The fraction of sp³-hybridized carbons (Fsp3) is 0.281. The van der Waals surface area contributed by atoms with Crippen LogP contribution in [0, 0.1) is 6.92 Å². The summed E-state index contributed by atoms with van der Waals surface area (Å²) in [7, 11) is 1.84. The molecular weight excluding hydrogens is 520 g/mol. The molecule has 0 spiro atoms. The van der Waals surface area contributed by atoms with Crippen molar-refractivity contribution in [3.8, 4) is 5.88 Å². The molecular formula is C32H34N4O5. The maximum Gasteiger partial charge on any atom is 0.336 e. The number of H-pyrrole nitrogens is 1. The number of benzene rings is 3. The van der Waals surface area contributed by atoms with Crippen molar-refractivity contribution < 1.29 is 24.9 Å². The number of carboxylic acid groups (broad SMARTS) is 1. The SMILES string of the molecule is Cc1cc2c(C(=Nc3ccc(C(=O)N(C)C4CCN(CCO)CC4)cc3)c3ccccc3)c(O)[nH]c2cc1C(=O)O. The number of aromatic amines is 1. The number of nitrogens with zero attached hydrogens (tertiary/aromatic N) is 3. The summed E-state index contributed by atoms with van der Waals surface area (Å²) in [4.78, 5) is 36.7. The Morgan fingerprint density at radius 2 is 1.71 bits per heavy atom. The molecule has 1 amide bonds. The van der Waals surface area contributed by atoms with Crippen LogP contribution >= 0.6 is 0 Å². The first-order chi connectivity index (χ1) is 19.8. The van der Waals surface area contributed by atoms with Crippen molar-refractivity contribution in [2.45, 2.75) is 25.8 Å². The van der Waals surface area contributed by atoms with E-state index < -0.39 is 5.97 Å². The topological polar surface area (TPSA) is 129 Å². The summed E-state index contributed by atoms with van der Waals surface area (Å²) in [5.74, 6) is -1.20. The molecule has 0 atom stereocenters. The normalized spacial score (nSPS) is 14.9. The number of aromatic hydroxyl groups is 1. The van der Waals surface area contributed by atoms with Crippen LogP contribution in [-0.2, 0) is 0 Å². The maximum atomic E-state index is 13.2. The highest BCUT2D eigenvalue weighted by atomic mass is 16.4. The summed E-state index contributed by atoms with van der Waals surface area (Å²) < 4.78 is 0. The van der Waals surface area contributed by atoms with Crippen molar-refractivity contribution in [2.75, 3.05) is 33.3 Å². The molecule has 5 rings (SSSR count). The van der Waals surface area contributed by atoms with Gasteiger partial charge in [-0.05, 0) is 61.7 Å². The lowest BCUT2D eigenvalue weighted by Gasteiger charge is -2.36. The highest BCUT2D eigenvalue weighted by Gasteiger charge is 2.26. The maximum absolute atomic E-state index is 13.2. The number of nitrogens with one attached hydrogen (secondary N) is 1. The van der Waals surface area contributed by atoms with Gasteiger partial charge in [-0.1, -0.05) is 30.3 Å². The smallest absolute Gasteiger partial charge is 0.336 e. The summed E-state index contributed by atoms with van der Waals surface area (Å²) in [5, 5.41) is 30.3. The van der Waals surface area contributed by atoms with Crippen molar-refractivity contribution in [1.29, 1.82) is 0 Å². The summed E-state index contributed by atoms with van der Waals surface area (Å²) >= 11 is 0.